The summed E-state index contributed by atoms with van der Waals surface area (Å²) in [6.45, 7) is 7.73. The van der Waals surface area contributed by atoms with Gasteiger partial charge in [-0.15, -0.1) is 0 Å². The molecule has 0 fully saturated rings. The van der Waals surface area contributed by atoms with Crippen molar-refractivity contribution < 1.29 is 32.7 Å². The van der Waals surface area contributed by atoms with Crippen LogP contribution in [0, 0.1) is 0 Å². The first kappa shape index (κ1) is 30.1. The van der Waals surface area contributed by atoms with Crippen molar-refractivity contribution in [3.05, 3.63) is 59.7 Å². The molecule has 1 unspecified atom stereocenters. The number of hydrogen-bond acceptors (Lipinski definition) is 7. The van der Waals surface area contributed by atoms with Gasteiger partial charge in [-0.3, -0.25) is 9.59 Å². The lowest BCUT2D eigenvalue weighted by Gasteiger charge is -2.23. The minimum Gasteiger partial charge on any atom is -0.492 e. The lowest BCUT2D eigenvalue weighted by atomic mass is 9.86. The van der Waals surface area contributed by atoms with Crippen molar-refractivity contribution in [2.24, 2.45) is 0 Å². The van der Waals surface area contributed by atoms with Crippen LogP contribution in [-0.4, -0.2) is 62.8 Å². The first-order valence-electron chi connectivity index (χ1n) is 12.5. The molecule has 0 aliphatic heterocycles. The highest BCUT2D eigenvalue weighted by Crippen LogP contribution is 2.39. The molecule has 0 aliphatic rings. The van der Waals surface area contributed by atoms with Gasteiger partial charge in [0.1, 0.15) is 23.3 Å². The van der Waals surface area contributed by atoms with E-state index in [4.69, 9.17) is 18.9 Å². The normalized spacial score (nSPS) is 12.2. The number of hydrogen-bond donors (Lipinski definition) is 2. The molecule has 0 aliphatic carbocycles. The van der Waals surface area contributed by atoms with Crippen molar-refractivity contribution in [2.75, 3.05) is 56.9 Å². The topological polar surface area (TPSA) is 112 Å². The van der Waals surface area contributed by atoms with Crippen LogP contribution in [0.5, 0.6) is 11.5 Å². The van der Waals surface area contributed by atoms with Gasteiger partial charge in [0.15, 0.2) is 5.75 Å². The van der Waals surface area contributed by atoms with E-state index >= 15 is 0 Å². The molecule has 1 amide bonds. The van der Waals surface area contributed by atoms with Crippen LogP contribution >= 0.6 is 0 Å². The fraction of sp³-hybridized carbons (Fsp3) is 0.379. The van der Waals surface area contributed by atoms with Crippen LogP contribution in [0.15, 0.2) is 48.5 Å². The Balaban J connectivity index is 1.89. The third-order valence-corrected chi connectivity index (χ3v) is 6.42. The van der Waals surface area contributed by atoms with Crippen LogP contribution in [0.2, 0.25) is 0 Å². The highest BCUT2D eigenvalue weighted by Gasteiger charge is 2.25. The Kier molecular flexibility index (Phi) is 10.4. The first-order chi connectivity index (χ1) is 18.6. The maximum Gasteiger partial charge on any atom is 0.296 e. The molecule has 0 heterocycles. The molecule has 3 rings (SSSR count). The number of anilines is 2. The minimum absolute atomic E-state index is 0.241. The second-order valence-corrected chi connectivity index (χ2v) is 10.9. The highest BCUT2D eigenvalue weighted by molar-refractivity contribution is 7.85. The molecule has 0 aromatic heterocycles. The fourth-order valence-electron chi connectivity index (χ4n) is 3.96. The van der Waals surface area contributed by atoms with Gasteiger partial charge in [-0.05, 0) is 40.6 Å². The van der Waals surface area contributed by atoms with Crippen LogP contribution in [0.1, 0.15) is 36.7 Å². The SMILES string of the molecule is COCCOCCOc1ccc(C(=O)C(=O)Nc2cc(C(C)(C)C)cc(NS(C)=O)c2OC)c2ccccc12. The quantitative estimate of drug-likeness (QED) is 0.178. The molecular weight excluding hydrogens is 520 g/mol. The Bertz CT molecular complexity index is 1350. The standard InChI is InChI=1S/C29H36N2O7S/c1-29(2,3)19-17-23(27(36-5)24(18-19)31-39(6)34)30-28(33)26(32)22-11-12-25(21-10-8-7-9-20(21)22)38-16-15-37-14-13-35-4/h7-12,17-18,31H,13-16H2,1-6H3,(H,30,33). The van der Waals surface area contributed by atoms with E-state index in [9.17, 15) is 13.8 Å². The Labute approximate surface area is 231 Å². The largest absolute Gasteiger partial charge is 0.492 e. The molecule has 0 saturated heterocycles. The summed E-state index contributed by atoms with van der Waals surface area (Å²) in [7, 11) is 1.68. The van der Waals surface area contributed by atoms with Crippen molar-refractivity contribution in [1.29, 1.82) is 0 Å². The number of carbonyl (C=O) groups is 2. The molecule has 0 spiro atoms. The molecule has 0 saturated carbocycles. The Hall–Kier alpha value is -3.47. The summed E-state index contributed by atoms with van der Waals surface area (Å²) in [6, 6.07) is 14.1. The molecular formula is C29H36N2O7S. The van der Waals surface area contributed by atoms with Gasteiger partial charge in [-0.1, -0.05) is 45.0 Å². The number of ketones is 1. The van der Waals surface area contributed by atoms with Gasteiger partial charge in [-0.25, -0.2) is 4.21 Å². The summed E-state index contributed by atoms with van der Waals surface area (Å²) in [6.07, 6.45) is 1.50. The third kappa shape index (κ3) is 7.78. The summed E-state index contributed by atoms with van der Waals surface area (Å²) in [5, 5.41) is 4.01. The molecule has 0 radical (unpaired) electrons. The van der Waals surface area contributed by atoms with Crippen molar-refractivity contribution in [3.63, 3.8) is 0 Å². The smallest absolute Gasteiger partial charge is 0.296 e. The third-order valence-electron chi connectivity index (χ3n) is 5.91. The number of fused-ring (bicyclic) bond motifs is 1. The number of Topliss-reactive ketones (excluding diaryl/α,β-unsaturated/α-hetero) is 1. The van der Waals surface area contributed by atoms with Crippen molar-refractivity contribution in [2.45, 2.75) is 26.2 Å². The fourth-order valence-corrected chi connectivity index (χ4v) is 4.42. The van der Waals surface area contributed by atoms with Gasteiger partial charge >= 0.3 is 0 Å². The number of benzene rings is 3. The van der Waals surface area contributed by atoms with Crippen molar-refractivity contribution in [3.8, 4) is 11.5 Å². The van der Waals surface area contributed by atoms with Crippen molar-refractivity contribution in [1.82, 2.24) is 0 Å². The van der Waals surface area contributed by atoms with Crippen LogP contribution in [0.4, 0.5) is 11.4 Å². The molecule has 2 N–H and O–H groups in total. The lowest BCUT2D eigenvalue weighted by Crippen LogP contribution is -2.24. The highest BCUT2D eigenvalue weighted by atomic mass is 32.2. The molecule has 3 aromatic rings. The summed E-state index contributed by atoms with van der Waals surface area (Å²) in [4.78, 5) is 26.6. The van der Waals surface area contributed by atoms with E-state index in [2.05, 4.69) is 10.0 Å². The van der Waals surface area contributed by atoms with E-state index in [0.717, 1.165) is 5.56 Å². The molecule has 0 bridgehead atoms. The second kappa shape index (κ2) is 13.5. The summed E-state index contributed by atoms with van der Waals surface area (Å²) < 4.78 is 36.6. The van der Waals surface area contributed by atoms with Crippen molar-refractivity contribution >= 4 is 44.8 Å². The summed E-state index contributed by atoms with van der Waals surface area (Å²) >= 11 is 0. The van der Waals surface area contributed by atoms with Gasteiger partial charge in [0, 0.05) is 24.3 Å². The first-order valence-corrected chi connectivity index (χ1v) is 14.0. The number of ether oxygens (including phenoxy) is 4. The number of nitrogens with one attached hydrogen (secondary N) is 2. The average molecular weight is 557 g/mol. The Morgan fingerprint density at radius 3 is 2.21 bits per heavy atom. The molecule has 3 aromatic carbocycles. The monoisotopic (exact) mass is 556 g/mol. The molecule has 1 atom stereocenters. The van der Waals surface area contributed by atoms with Gasteiger partial charge in [0.05, 0.1) is 38.3 Å². The predicted molar refractivity (Wildman–Crippen MR) is 154 cm³/mol. The number of methoxy groups -OCH3 is 2. The Morgan fingerprint density at radius 1 is 0.897 bits per heavy atom. The zero-order valence-electron chi connectivity index (χ0n) is 23.2. The van der Waals surface area contributed by atoms with E-state index in [0.29, 0.717) is 54.3 Å². The predicted octanol–water partition coefficient (Wildman–Crippen LogP) is 4.71. The van der Waals surface area contributed by atoms with Crippen LogP contribution < -0.4 is 19.5 Å². The minimum atomic E-state index is -1.38. The van der Waals surface area contributed by atoms with Gasteiger partial charge < -0.3 is 29.0 Å². The van der Waals surface area contributed by atoms with E-state index in [1.807, 2.05) is 39.0 Å². The summed E-state index contributed by atoms with van der Waals surface area (Å²) in [5.41, 5.74) is 1.56. The number of rotatable bonds is 13. The van der Waals surface area contributed by atoms with E-state index < -0.39 is 22.7 Å². The average Bonchev–Trinajstić information content (AvgIpc) is 2.89. The lowest BCUT2D eigenvalue weighted by molar-refractivity contribution is -0.112. The maximum atomic E-state index is 13.4. The van der Waals surface area contributed by atoms with Crippen LogP contribution in [0.3, 0.4) is 0 Å². The zero-order chi connectivity index (χ0) is 28.6. The summed E-state index contributed by atoms with van der Waals surface area (Å²) in [5.74, 6) is -0.674. The molecule has 10 heteroatoms. The number of carbonyl (C=O) groups excluding carboxylic acids is 2. The number of amides is 1. The van der Waals surface area contributed by atoms with Crippen LogP contribution in [-0.2, 0) is 30.7 Å². The molecule has 210 valence electrons. The van der Waals surface area contributed by atoms with E-state index in [1.54, 1.807) is 37.4 Å². The zero-order valence-corrected chi connectivity index (χ0v) is 24.0. The second-order valence-electron chi connectivity index (χ2n) is 9.80. The molecule has 9 nitrogen and oxygen atoms in total. The van der Waals surface area contributed by atoms with Gasteiger partial charge in [0.25, 0.3) is 11.7 Å². The van der Waals surface area contributed by atoms with E-state index in [-0.39, 0.29) is 16.7 Å². The van der Waals surface area contributed by atoms with Crippen LogP contribution in [0.25, 0.3) is 10.8 Å². The van der Waals surface area contributed by atoms with E-state index in [1.165, 1.54) is 13.4 Å². The molecule has 39 heavy (non-hydrogen) atoms. The Morgan fingerprint density at radius 2 is 1.56 bits per heavy atom. The maximum absolute atomic E-state index is 13.4. The van der Waals surface area contributed by atoms with Gasteiger partial charge in [-0.2, -0.15) is 0 Å². The van der Waals surface area contributed by atoms with Gasteiger partial charge in [0.2, 0.25) is 0 Å².